The zero-order chi connectivity index (χ0) is 11.4. The molecule has 0 bridgehead atoms. The van der Waals surface area contributed by atoms with Crippen molar-refractivity contribution in [2.45, 2.75) is 23.4 Å². The van der Waals surface area contributed by atoms with E-state index >= 15 is 0 Å². The Morgan fingerprint density at radius 1 is 1.12 bits per heavy atom. The summed E-state index contributed by atoms with van der Waals surface area (Å²) in [6, 6.07) is 14.3. The fraction of sp³-hybridized carbons (Fsp3) is 0.154. The van der Waals surface area contributed by atoms with Crippen LogP contribution in [0.25, 0.3) is 0 Å². The first-order chi connectivity index (χ1) is 7.79. The van der Waals surface area contributed by atoms with Gasteiger partial charge < -0.3 is 5.73 Å². The highest BCUT2D eigenvalue weighted by molar-refractivity contribution is 7.99. The maximum absolute atomic E-state index is 5.57. The number of pyridine rings is 1. The zero-order valence-corrected chi connectivity index (χ0v) is 10.00. The maximum Gasteiger partial charge on any atom is 0.101 e. The van der Waals surface area contributed by atoms with Gasteiger partial charge in [-0.3, -0.25) is 0 Å². The van der Waals surface area contributed by atoms with E-state index in [2.05, 4.69) is 24.0 Å². The Hall–Kier alpha value is -1.32. The SMILES string of the molecule is Cc1ccccc1Sc1cccc(CN)n1. The molecule has 3 heteroatoms. The summed E-state index contributed by atoms with van der Waals surface area (Å²) in [5, 5.41) is 0.997. The van der Waals surface area contributed by atoms with Crippen LogP contribution in [0.2, 0.25) is 0 Å². The molecule has 0 fully saturated rings. The van der Waals surface area contributed by atoms with Gasteiger partial charge in [-0.15, -0.1) is 0 Å². The summed E-state index contributed by atoms with van der Waals surface area (Å²) < 4.78 is 0. The lowest BCUT2D eigenvalue weighted by Gasteiger charge is -2.05. The molecule has 2 nitrogen and oxygen atoms in total. The Labute approximate surface area is 99.9 Å². The molecule has 0 atom stereocenters. The second-order valence-electron chi connectivity index (χ2n) is 3.54. The summed E-state index contributed by atoms with van der Waals surface area (Å²) in [7, 11) is 0. The van der Waals surface area contributed by atoms with Crippen LogP contribution in [0.3, 0.4) is 0 Å². The molecule has 16 heavy (non-hydrogen) atoms. The lowest BCUT2D eigenvalue weighted by molar-refractivity contribution is 0.941. The summed E-state index contributed by atoms with van der Waals surface area (Å²) in [5.41, 5.74) is 7.77. The quantitative estimate of drug-likeness (QED) is 0.881. The third kappa shape index (κ3) is 2.62. The van der Waals surface area contributed by atoms with Crippen molar-refractivity contribution in [3.8, 4) is 0 Å². The molecule has 0 aliphatic heterocycles. The molecule has 0 saturated heterocycles. The van der Waals surface area contributed by atoms with Crippen LogP contribution >= 0.6 is 11.8 Å². The molecule has 0 aliphatic rings. The summed E-state index contributed by atoms with van der Waals surface area (Å²) in [5.74, 6) is 0. The van der Waals surface area contributed by atoms with Crippen molar-refractivity contribution in [2.75, 3.05) is 0 Å². The van der Waals surface area contributed by atoms with Gasteiger partial charge in [0, 0.05) is 11.4 Å². The van der Waals surface area contributed by atoms with Crippen LogP contribution < -0.4 is 5.73 Å². The van der Waals surface area contributed by atoms with E-state index in [1.807, 2.05) is 30.3 Å². The van der Waals surface area contributed by atoms with Gasteiger partial charge >= 0.3 is 0 Å². The molecular weight excluding hydrogens is 216 g/mol. The van der Waals surface area contributed by atoms with Crippen molar-refractivity contribution in [1.82, 2.24) is 4.98 Å². The summed E-state index contributed by atoms with van der Waals surface area (Å²) in [6.07, 6.45) is 0. The minimum Gasteiger partial charge on any atom is -0.325 e. The predicted octanol–water partition coefficient (Wildman–Crippen LogP) is 3.00. The van der Waals surface area contributed by atoms with E-state index in [9.17, 15) is 0 Å². The highest BCUT2D eigenvalue weighted by atomic mass is 32.2. The Bertz CT molecular complexity index is 483. The van der Waals surface area contributed by atoms with Crippen molar-refractivity contribution in [1.29, 1.82) is 0 Å². The Balaban J connectivity index is 2.24. The maximum atomic E-state index is 5.57. The van der Waals surface area contributed by atoms with Crippen LogP contribution in [0.4, 0.5) is 0 Å². The van der Waals surface area contributed by atoms with Crippen LogP contribution in [0, 0.1) is 6.92 Å². The minimum atomic E-state index is 0.488. The standard InChI is InChI=1S/C13H14N2S/c1-10-5-2-3-7-12(10)16-13-8-4-6-11(9-14)15-13/h2-8H,9,14H2,1H3. The van der Waals surface area contributed by atoms with Gasteiger partial charge in [-0.2, -0.15) is 0 Å². The predicted molar refractivity (Wildman–Crippen MR) is 67.4 cm³/mol. The van der Waals surface area contributed by atoms with E-state index < -0.39 is 0 Å². The number of benzene rings is 1. The molecule has 2 rings (SSSR count). The van der Waals surface area contributed by atoms with Crippen molar-refractivity contribution in [2.24, 2.45) is 5.73 Å². The number of nitrogens with zero attached hydrogens (tertiary/aromatic N) is 1. The molecule has 1 heterocycles. The first-order valence-electron chi connectivity index (χ1n) is 5.19. The largest absolute Gasteiger partial charge is 0.325 e. The zero-order valence-electron chi connectivity index (χ0n) is 9.18. The number of rotatable bonds is 3. The highest BCUT2D eigenvalue weighted by Crippen LogP contribution is 2.28. The van der Waals surface area contributed by atoms with Crippen LogP contribution in [0.5, 0.6) is 0 Å². The van der Waals surface area contributed by atoms with Gasteiger partial charge in [-0.1, -0.05) is 36.0 Å². The number of nitrogens with two attached hydrogens (primary N) is 1. The van der Waals surface area contributed by atoms with Crippen LogP contribution in [-0.4, -0.2) is 4.98 Å². The molecule has 1 aromatic carbocycles. The molecule has 2 aromatic rings. The monoisotopic (exact) mass is 230 g/mol. The number of hydrogen-bond acceptors (Lipinski definition) is 3. The molecular formula is C13H14N2S. The fourth-order valence-corrected chi connectivity index (χ4v) is 2.32. The lowest BCUT2D eigenvalue weighted by Crippen LogP contribution is -1.99. The molecule has 82 valence electrons. The first kappa shape index (κ1) is 11.2. The average Bonchev–Trinajstić information content (AvgIpc) is 2.32. The minimum absolute atomic E-state index is 0.488. The molecule has 0 spiro atoms. The van der Waals surface area contributed by atoms with Crippen molar-refractivity contribution in [3.05, 3.63) is 53.7 Å². The average molecular weight is 230 g/mol. The van der Waals surface area contributed by atoms with Gasteiger partial charge in [0.15, 0.2) is 0 Å². The number of aromatic nitrogens is 1. The Kier molecular flexibility index (Phi) is 3.59. The topological polar surface area (TPSA) is 38.9 Å². The van der Waals surface area contributed by atoms with Gasteiger partial charge in [0.1, 0.15) is 5.03 Å². The summed E-state index contributed by atoms with van der Waals surface area (Å²) in [6.45, 7) is 2.59. The van der Waals surface area contributed by atoms with E-state index in [0.717, 1.165) is 10.7 Å². The van der Waals surface area contributed by atoms with E-state index in [0.29, 0.717) is 6.54 Å². The smallest absolute Gasteiger partial charge is 0.101 e. The number of aryl methyl sites for hydroxylation is 1. The normalized spacial score (nSPS) is 10.4. The van der Waals surface area contributed by atoms with E-state index in [1.54, 1.807) is 11.8 Å². The molecule has 0 aliphatic carbocycles. The van der Waals surface area contributed by atoms with Gasteiger partial charge in [0.25, 0.3) is 0 Å². The molecule has 0 saturated carbocycles. The third-order valence-corrected chi connectivity index (χ3v) is 3.41. The number of hydrogen-bond donors (Lipinski definition) is 1. The van der Waals surface area contributed by atoms with Gasteiger partial charge in [-0.25, -0.2) is 4.98 Å². The van der Waals surface area contributed by atoms with E-state index in [-0.39, 0.29) is 0 Å². The van der Waals surface area contributed by atoms with Gasteiger partial charge in [-0.05, 0) is 30.7 Å². The second-order valence-corrected chi connectivity index (χ2v) is 4.60. The molecule has 0 radical (unpaired) electrons. The first-order valence-corrected chi connectivity index (χ1v) is 6.01. The molecule has 0 unspecified atom stereocenters. The fourth-order valence-electron chi connectivity index (χ4n) is 1.41. The Morgan fingerprint density at radius 2 is 1.94 bits per heavy atom. The molecule has 0 amide bonds. The molecule has 2 N–H and O–H groups in total. The van der Waals surface area contributed by atoms with Crippen LogP contribution in [0.1, 0.15) is 11.3 Å². The van der Waals surface area contributed by atoms with Crippen LogP contribution in [0.15, 0.2) is 52.4 Å². The van der Waals surface area contributed by atoms with E-state index in [4.69, 9.17) is 5.73 Å². The summed E-state index contributed by atoms with van der Waals surface area (Å²) in [4.78, 5) is 5.71. The van der Waals surface area contributed by atoms with Crippen LogP contribution in [-0.2, 0) is 6.54 Å². The lowest BCUT2D eigenvalue weighted by atomic mass is 10.2. The Morgan fingerprint density at radius 3 is 2.69 bits per heavy atom. The van der Waals surface area contributed by atoms with Crippen molar-refractivity contribution >= 4 is 11.8 Å². The van der Waals surface area contributed by atoms with Gasteiger partial charge in [0.2, 0.25) is 0 Å². The molecule has 1 aromatic heterocycles. The summed E-state index contributed by atoms with van der Waals surface area (Å²) >= 11 is 1.68. The highest BCUT2D eigenvalue weighted by Gasteiger charge is 2.01. The van der Waals surface area contributed by atoms with Crippen molar-refractivity contribution in [3.63, 3.8) is 0 Å². The van der Waals surface area contributed by atoms with Crippen molar-refractivity contribution < 1.29 is 0 Å². The van der Waals surface area contributed by atoms with E-state index in [1.165, 1.54) is 10.5 Å². The third-order valence-electron chi connectivity index (χ3n) is 2.30. The second kappa shape index (κ2) is 5.14. The van der Waals surface area contributed by atoms with Gasteiger partial charge in [0.05, 0.1) is 5.69 Å².